The normalized spacial score (nSPS) is 23.2. The molecule has 0 saturated carbocycles. The smallest absolute Gasteiger partial charge is 0.350 e. The molecule has 2 atom stereocenters. The lowest BCUT2D eigenvalue weighted by molar-refractivity contribution is -0.179. The SMILES string of the molecule is C=C1NC(=O)C(F)=CN1C1C=CC(COC(=O)C(C)(C)OC(C)=O)O1. The number of carbonyl (C=O) groups excluding carboxylic acids is 3. The minimum Gasteiger partial charge on any atom is -0.460 e. The largest absolute Gasteiger partial charge is 0.460 e. The number of rotatable bonds is 5. The molecule has 0 saturated heterocycles. The molecular weight excluding hydrogens is 335 g/mol. The monoisotopic (exact) mass is 354 g/mol. The standard InChI is InChI=1S/C16H19FN2O6/c1-9-18-14(21)12(17)7-19(9)13-6-5-11(24-13)8-23-15(22)16(3,4)25-10(2)20/h5-7,11,13H,1,8H2,2-4H3,(H,18,21). The molecule has 2 aliphatic rings. The van der Waals surface area contributed by atoms with Crippen LogP contribution in [-0.2, 0) is 28.6 Å². The Morgan fingerprint density at radius 3 is 2.76 bits per heavy atom. The summed E-state index contributed by atoms with van der Waals surface area (Å²) in [6, 6.07) is 0. The Kier molecular flexibility index (Phi) is 5.27. The van der Waals surface area contributed by atoms with E-state index in [1.807, 2.05) is 0 Å². The van der Waals surface area contributed by atoms with E-state index in [0.29, 0.717) is 0 Å². The fraction of sp³-hybridized carbons (Fsp3) is 0.438. The number of hydrogen-bond acceptors (Lipinski definition) is 7. The van der Waals surface area contributed by atoms with Crippen molar-refractivity contribution in [1.29, 1.82) is 0 Å². The summed E-state index contributed by atoms with van der Waals surface area (Å²) in [6.45, 7) is 7.53. The summed E-state index contributed by atoms with van der Waals surface area (Å²) in [5, 5.41) is 2.26. The van der Waals surface area contributed by atoms with E-state index in [1.54, 1.807) is 12.2 Å². The molecule has 1 N–H and O–H groups in total. The summed E-state index contributed by atoms with van der Waals surface area (Å²) < 4.78 is 29.0. The average Bonchev–Trinajstić information content (AvgIpc) is 2.95. The number of esters is 2. The van der Waals surface area contributed by atoms with Crippen molar-refractivity contribution in [2.45, 2.75) is 38.7 Å². The van der Waals surface area contributed by atoms with Crippen LogP contribution in [0.15, 0.2) is 36.6 Å². The Morgan fingerprint density at radius 2 is 2.12 bits per heavy atom. The van der Waals surface area contributed by atoms with E-state index in [9.17, 15) is 18.8 Å². The maximum Gasteiger partial charge on any atom is 0.350 e. The number of nitrogens with one attached hydrogen (secondary N) is 1. The van der Waals surface area contributed by atoms with Gasteiger partial charge in [-0.3, -0.25) is 9.59 Å². The van der Waals surface area contributed by atoms with Crippen LogP contribution in [0.25, 0.3) is 0 Å². The molecule has 2 heterocycles. The zero-order valence-corrected chi connectivity index (χ0v) is 14.1. The van der Waals surface area contributed by atoms with Gasteiger partial charge >= 0.3 is 11.9 Å². The van der Waals surface area contributed by atoms with Gasteiger partial charge in [0.25, 0.3) is 5.91 Å². The lowest BCUT2D eigenvalue weighted by atomic mass is 10.1. The second-order valence-corrected chi connectivity index (χ2v) is 5.94. The van der Waals surface area contributed by atoms with Crippen molar-refractivity contribution in [3.05, 3.63) is 36.6 Å². The molecule has 2 rings (SSSR count). The van der Waals surface area contributed by atoms with Crippen molar-refractivity contribution in [1.82, 2.24) is 10.2 Å². The van der Waals surface area contributed by atoms with Crippen molar-refractivity contribution in [2.24, 2.45) is 0 Å². The first kappa shape index (κ1) is 18.7. The third kappa shape index (κ3) is 4.44. The molecule has 0 fully saturated rings. The lowest BCUT2D eigenvalue weighted by Gasteiger charge is -2.31. The maximum absolute atomic E-state index is 13.4. The van der Waals surface area contributed by atoms with E-state index in [2.05, 4.69) is 11.9 Å². The van der Waals surface area contributed by atoms with E-state index in [0.717, 1.165) is 6.20 Å². The Labute approximate surface area is 143 Å². The number of hydrogen-bond donors (Lipinski definition) is 1. The number of carbonyl (C=O) groups is 3. The first-order valence-corrected chi connectivity index (χ1v) is 7.46. The molecule has 2 unspecified atom stereocenters. The highest BCUT2D eigenvalue weighted by atomic mass is 19.1. The van der Waals surface area contributed by atoms with Crippen LogP contribution in [0.2, 0.25) is 0 Å². The minimum atomic E-state index is -1.41. The summed E-state index contributed by atoms with van der Waals surface area (Å²) >= 11 is 0. The highest BCUT2D eigenvalue weighted by Crippen LogP contribution is 2.23. The van der Waals surface area contributed by atoms with E-state index in [-0.39, 0.29) is 12.4 Å². The summed E-state index contributed by atoms with van der Waals surface area (Å²) in [4.78, 5) is 35.4. The van der Waals surface area contributed by atoms with Gasteiger partial charge in [0, 0.05) is 13.1 Å². The molecule has 8 nitrogen and oxygen atoms in total. The van der Waals surface area contributed by atoms with Gasteiger partial charge in [-0.1, -0.05) is 12.7 Å². The zero-order valence-electron chi connectivity index (χ0n) is 14.1. The van der Waals surface area contributed by atoms with Crippen molar-refractivity contribution >= 4 is 17.8 Å². The lowest BCUT2D eigenvalue weighted by Crippen LogP contribution is -2.43. The van der Waals surface area contributed by atoms with Gasteiger partial charge in [0.2, 0.25) is 11.4 Å². The van der Waals surface area contributed by atoms with Crippen LogP contribution < -0.4 is 5.32 Å². The molecule has 0 aromatic rings. The minimum absolute atomic E-state index is 0.116. The van der Waals surface area contributed by atoms with E-state index in [1.165, 1.54) is 25.7 Å². The van der Waals surface area contributed by atoms with Crippen LogP contribution in [-0.4, -0.2) is 47.3 Å². The topological polar surface area (TPSA) is 94.2 Å². The predicted molar refractivity (Wildman–Crippen MR) is 82.9 cm³/mol. The summed E-state index contributed by atoms with van der Waals surface area (Å²) in [7, 11) is 0. The number of amides is 1. The number of halogens is 1. The van der Waals surface area contributed by atoms with E-state index >= 15 is 0 Å². The molecule has 25 heavy (non-hydrogen) atoms. The quantitative estimate of drug-likeness (QED) is 0.578. The molecule has 136 valence electrons. The second-order valence-electron chi connectivity index (χ2n) is 5.94. The third-order valence-electron chi connectivity index (χ3n) is 3.39. The fourth-order valence-corrected chi connectivity index (χ4v) is 2.22. The maximum atomic E-state index is 13.4. The predicted octanol–water partition coefficient (Wildman–Crippen LogP) is 0.866. The summed E-state index contributed by atoms with van der Waals surface area (Å²) in [5.74, 6) is -3.00. The van der Waals surface area contributed by atoms with Gasteiger partial charge in [-0.15, -0.1) is 0 Å². The van der Waals surface area contributed by atoms with Crippen molar-refractivity contribution < 1.29 is 33.0 Å². The molecule has 1 amide bonds. The van der Waals surface area contributed by atoms with Crippen molar-refractivity contribution in [3.8, 4) is 0 Å². The zero-order chi connectivity index (χ0) is 18.8. The highest BCUT2D eigenvalue weighted by Gasteiger charge is 2.35. The molecule has 9 heteroatoms. The first-order chi connectivity index (χ1) is 11.6. The number of ether oxygens (including phenoxy) is 3. The molecular formula is C16H19FN2O6. The average molecular weight is 354 g/mol. The number of nitrogens with zero attached hydrogens (tertiary/aromatic N) is 1. The molecule has 0 spiro atoms. The second kappa shape index (κ2) is 7.06. The molecule has 0 aromatic carbocycles. The van der Waals surface area contributed by atoms with Crippen LogP contribution in [0, 0.1) is 0 Å². The van der Waals surface area contributed by atoms with Crippen LogP contribution in [0.5, 0.6) is 0 Å². The van der Waals surface area contributed by atoms with E-state index < -0.39 is 41.6 Å². The van der Waals surface area contributed by atoms with Crippen LogP contribution >= 0.6 is 0 Å². The van der Waals surface area contributed by atoms with Crippen LogP contribution in [0.1, 0.15) is 20.8 Å². The molecule has 0 aromatic heterocycles. The molecule has 0 aliphatic carbocycles. The Balaban J connectivity index is 1.89. The van der Waals surface area contributed by atoms with Gasteiger partial charge in [-0.2, -0.15) is 4.39 Å². The van der Waals surface area contributed by atoms with Gasteiger partial charge in [0.1, 0.15) is 18.5 Å². The van der Waals surface area contributed by atoms with Gasteiger partial charge < -0.3 is 24.4 Å². The molecule has 0 radical (unpaired) electrons. The summed E-state index contributed by atoms with van der Waals surface area (Å²) in [5.41, 5.74) is -1.41. The van der Waals surface area contributed by atoms with Crippen molar-refractivity contribution in [2.75, 3.05) is 6.61 Å². The van der Waals surface area contributed by atoms with Gasteiger partial charge in [0.15, 0.2) is 6.23 Å². The van der Waals surface area contributed by atoms with Gasteiger partial charge in [-0.05, 0) is 19.9 Å². The summed E-state index contributed by atoms with van der Waals surface area (Å²) in [6.07, 6.45) is 2.94. The van der Waals surface area contributed by atoms with Crippen molar-refractivity contribution in [3.63, 3.8) is 0 Å². The Hall–Kier alpha value is -2.68. The van der Waals surface area contributed by atoms with E-state index in [4.69, 9.17) is 14.2 Å². The third-order valence-corrected chi connectivity index (χ3v) is 3.39. The molecule has 0 bridgehead atoms. The van der Waals surface area contributed by atoms with Gasteiger partial charge in [-0.25, -0.2) is 4.79 Å². The van der Waals surface area contributed by atoms with Crippen LogP contribution in [0.3, 0.4) is 0 Å². The van der Waals surface area contributed by atoms with Crippen LogP contribution in [0.4, 0.5) is 4.39 Å². The fourth-order valence-electron chi connectivity index (χ4n) is 2.22. The first-order valence-electron chi connectivity index (χ1n) is 7.46. The Morgan fingerprint density at radius 1 is 1.44 bits per heavy atom. The Bertz CT molecular complexity index is 670. The highest BCUT2D eigenvalue weighted by molar-refractivity contribution is 5.93. The molecule has 2 aliphatic heterocycles. The van der Waals surface area contributed by atoms with Gasteiger partial charge in [0.05, 0.1) is 0 Å².